The summed E-state index contributed by atoms with van der Waals surface area (Å²) in [4.78, 5) is 70.6. The van der Waals surface area contributed by atoms with E-state index in [2.05, 4.69) is 0 Å². The van der Waals surface area contributed by atoms with Crippen LogP contribution in [0.2, 0.25) is 0 Å². The van der Waals surface area contributed by atoms with E-state index in [-0.39, 0.29) is 32.3 Å². The summed E-state index contributed by atoms with van der Waals surface area (Å²) in [7, 11) is 0. The van der Waals surface area contributed by atoms with E-state index in [1.807, 2.05) is 30.3 Å². The molecular weight excluding hydrogens is 616 g/mol. The zero-order valence-electron chi connectivity index (χ0n) is 23.6. The van der Waals surface area contributed by atoms with Crippen molar-refractivity contribution in [3.63, 3.8) is 0 Å². The van der Waals surface area contributed by atoms with Gasteiger partial charge in [0.2, 0.25) is 0 Å². The monoisotopic (exact) mass is 636 g/mol. The van der Waals surface area contributed by atoms with Crippen molar-refractivity contribution >= 4 is 78.9 Å². The summed E-state index contributed by atoms with van der Waals surface area (Å²) in [5.74, 6) is -9.37. The van der Waals surface area contributed by atoms with E-state index in [0.717, 1.165) is 47.2 Å². The highest BCUT2D eigenvalue weighted by Gasteiger charge is 2.25. The molecule has 13 heteroatoms. The number of hydrogen-bond donors (Lipinski definition) is 7. The number of carboxylic acid groups (broad SMARTS) is 6. The fourth-order valence-electron chi connectivity index (χ4n) is 5.37. The first-order valence-electron chi connectivity index (χ1n) is 13.3. The van der Waals surface area contributed by atoms with E-state index in [1.165, 1.54) is 0 Å². The number of benzene rings is 6. The summed E-state index contributed by atoms with van der Waals surface area (Å²) < 4.78 is 0. The van der Waals surface area contributed by atoms with Gasteiger partial charge in [0.05, 0.1) is 33.4 Å². The van der Waals surface area contributed by atoms with Crippen molar-refractivity contribution in [1.29, 1.82) is 0 Å². The van der Waals surface area contributed by atoms with Crippen molar-refractivity contribution in [2.75, 3.05) is 0 Å². The highest BCUT2D eigenvalue weighted by molar-refractivity contribution is 6.29. The van der Waals surface area contributed by atoms with Crippen LogP contribution in [0.25, 0.3) is 43.1 Å². The van der Waals surface area contributed by atoms with Crippen LogP contribution in [-0.4, -0.2) is 71.6 Å². The van der Waals surface area contributed by atoms with E-state index in [0.29, 0.717) is 5.75 Å². The van der Waals surface area contributed by atoms with Gasteiger partial charge in [-0.25, -0.2) is 28.8 Å². The zero-order valence-corrected chi connectivity index (χ0v) is 23.6. The maximum Gasteiger partial charge on any atom is 0.336 e. The summed E-state index contributed by atoms with van der Waals surface area (Å²) in [6.45, 7) is 0. The number of phenolic OH excluding ortho intramolecular Hbond substituents is 1. The molecule has 6 rings (SSSR count). The van der Waals surface area contributed by atoms with Crippen LogP contribution in [0.3, 0.4) is 0 Å². The van der Waals surface area contributed by atoms with Gasteiger partial charge in [0.1, 0.15) is 5.75 Å². The zero-order chi connectivity index (χ0) is 34.3. The van der Waals surface area contributed by atoms with Crippen molar-refractivity contribution in [2.45, 2.75) is 0 Å². The second kappa shape index (κ2) is 11.8. The van der Waals surface area contributed by atoms with E-state index >= 15 is 0 Å². The molecule has 0 atom stereocenters. The lowest BCUT2D eigenvalue weighted by atomic mass is 9.87. The molecule has 0 saturated carbocycles. The molecule has 6 aromatic rings. The van der Waals surface area contributed by atoms with Crippen LogP contribution in [0, 0.1) is 0 Å². The maximum atomic E-state index is 11.8. The molecule has 0 saturated heterocycles. The van der Waals surface area contributed by atoms with E-state index in [4.69, 9.17) is 5.11 Å². The molecular formula is C34H20O13. The third-order valence-corrected chi connectivity index (χ3v) is 7.46. The SMILES string of the molecule is O=C(O)c1cc2c3cc(C(=O)O)c(C(=O)O)cc3c3cc(C(=O)O)c(C(=O)O)cc3c2cc1C(=O)O.Oc1ccc2ccccc2c1. The first kappa shape index (κ1) is 31.4. The summed E-state index contributed by atoms with van der Waals surface area (Å²) in [6, 6.07) is 19.1. The van der Waals surface area contributed by atoms with Crippen molar-refractivity contribution in [2.24, 2.45) is 0 Å². The molecule has 13 nitrogen and oxygen atoms in total. The summed E-state index contributed by atoms with van der Waals surface area (Å²) >= 11 is 0. The Morgan fingerprint density at radius 2 is 0.596 bits per heavy atom. The smallest absolute Gasteiger partial charge is 0.336 e. The quantitative estimate of drug-likeness (QED) is 0.106. The molecule has 0 unspecified atom stereocenters. The maximum absolute atomic E-state index is 11.8. The summed E-state index contributed by atoms with van der Waals surface area (Å²) in [5, 5.41) is 68.6. The Labute approximate surface area is 261 Å². The van der Waals surface area contributed by atoms with Gasteiger partial charge in [-0.2, -0.15) is 0 Å². The van der Waals surface area contributed by atoms with Crippen molar-refractivity contribution in [3.8, 4) is 5.75 Å². The lowest BCUT2D eigenvalue weighted by Gasteiger charge is -2.16. The molecule has 0 aliphatic rings. The number of fused-ring (bicyclic) bond motifs is 7. The largest absolute Gasteiger partial charge is 0.508 e. The van der Waals surface area contributed by atoms with Gasteiger partial charge in [-0.1, -0.05) is 30.3 Å². The van der Waals surface area contributed by atoms with E-state index in [1.54, 1.807) is 12.1 Å². The predicted octanol–water partition coefficient (Wildman–Crippen LogP) is 5.88. The number of carbonyl (C=O) groups is 6. The van der Waals surface area contributed by atoms with Crippen LogP contribution in [0.15, 0.2) is 78.9 Å². The normalized spacial score (nSPS) is 10.8. The van der Waals surface area contributed by atoms with Gasteiger partial charge in [0, 0.05) is 0 Å². The number of rotatable bonds is 6. The Morgan fingerprint density at radius 3 is 0.851 bits per heavy atom. The van der Waals surface area contributed by atoms with Crippen LogP contribution in [0.5, 0.6) is 5.75 Å². The minimum absolute atomic E-state index is 0.0150. The van der Waals surface area contributed by atoms with Gasteiger partial charge < -0.3 is 35.7 Å². The second-order valence-corrected chi connectivity index (χ2v) is 10.2. The third-order valence-electron chi connectivity index (χ3n) is 7.46. The summed E-state index contributed by atoms with van der Waals surface area (Å²) in [5.41, 5.74) is -3.94. The van der Waals surface area contributed by atoms with Crippen LogP contribution in [0.4, 0.5) is 0 Å². The van der Waals surface area contributed by atoms with Gasteiger partial charge in [0.15, 0.2) is 0 Å². The fraction of sp³-hybridized carbons (Fsp3) is 0. The highest BCUT2D eigenvalue weighted by atomic mass is 16.4. The molecule has 47 heavy (non-hydrogen) atoms. The van der Waals surface area contributed by atoms with Gasteiger partial charge >= 0.3 is 35.8 Å². The second-order valence-electron chi connectivity index (χ2n) is 10.2. The van der Waals surface area contributed by atoms with Gasteiger partial charge in [-0.3, -0.25) is 0 Å². The van der Waals surface area contributed by atoms with Crippen LogP contribution >= 0.6 is 0 Å². The van der Waals surface area contributed by atoms with Gasteiger partial charge in [-0.15, -0.1) is 0 Å². The lowest BCUT2D eigenvalue weighted by Crippen LogP contribution is -2.11. The van der Waals surface area contributed by atoms with E-state index in [9.17, 15) is 59.4 Å². The first-order chi connectivity index (χ1) is 22.2. The molecule has 0 aromatic heterocycles. The summed E-state index contributed by atoms with van der Waals surface area (Å²) in [6.07, 6.45) is 0. The molecule has 7 N–H and O–H groups in total. The highest BCUT2D eigenvalue weighted by Crippen LogP contribution is 2.39. The molecule has 0 aliphatic carbocycles. The average Bonchev–Trinajstić information content (AvgIpc) is 3.02. The van der Waals surface area contributed by atoms with Gasteiger partial charge in [0.25, 0.3) is 0 Å². The first-order valence-corrected chi connectivity index (χ1v) is 13.3. The predicted molar refractivity (Wildman–Crippen MR) is 166 cm³/mol. The Balaban J connectivity index is 0.000000330. The van der Waals surface area contributed by atoms with Crippen LogP contribution in [0.1, 0.15) is 62.1 Å². The Kier molecular flexibility index (Phi) is 7.90. The third kappa shape index (κ3) is 5.67. The minimum atomic E-state index is -1.62. The Morgan fingerprint density at radius 1 is 0.340 bits per heavy atom. The number of phenols is 1. The average molecular weight is 637 g/mol. The molecule has 0 spiro atoms. The Bertz CT molecular complexity index is 2030. The number of aromatic hydroxyl groups is 1. The fourth-order valence-corrected chi connectivity index (χ4v) is 5.37. The van der Waals surface area contributed by atoms with Crippen molar-refractivity contribution in [1.82, 2.24) is 0 Å². The van der Waals surface area contributed by atoms with Crippen LogP contribution in [-0.2, 0) is 0 Å². The molecule has 0 heterocycles. The standard InChI is InChI=1S/C24H12O12.C10H8O/c25-19(26)13-1-7-8(2-14(13)20(27)28)10-4-17(23(33)34)18(24(35)36)6-12(10)11-5-16(22(31)32)15(21(29)30)3-9(7)11;11-10-6-5-8-3-1-2-4-9(8)7-10/h1-6H,(H,25,26)(H,27,28)(H,29,30)(H,31,32)(H,33,34)(H,35,36);1-7,11H. The van der Waals surface area contributed by atoms with E-state index < -0.39 is 69.2 Å². The molecule has 6 aromatic carbocycles. The number of hydrogen-bond acceptors (Lipinski definition) is 7. The van der Waals surface area contributed by atoms with Crippen molar-refractivity contribution < 1.29 is 64.5 Å². The lowest BCUT2D eigenvalue weighted by molar-refractivity contribution is 0.0651. The van der Waals surface area contributed by atoms with Crippen molar-refractivity contribution in [3.05, 3.63) is 112 Å². The molecule has 234 valence electrons. The van der Waals surface area contributed by atoms with Crippen LogP contribution < -0.4 is 0 Å². The molecule has 0 aliphatic heterocycles. The molecule has 0 amide bonds. The molecule has 0 fully saturated rings. The molecule has 0 radical (unpaired) electrons. The number of aromatic carboxylic acids is 6. The Hall–Kier alpha value is -7.02. The number of carboxylic acids is 6. The minimum Gasteiger partial charge on any atom is -0.508 e. The van der Waals surface area contributed by atoms with Gasteiger partial charge in [-0.05, 0) is 91.6 Å². The molecule has 0 bridgehead atoms. The topological polar surface area (TPSA) is 244 Å².